The molecule has 6 heteroatoms. The predicted molar refractivity (Wildman–Crippen MR) is 102 cm³/mol. The van der Waals surface area contributed by atoms with Crippen LogP contribution in [0.4, 0.5) is 0 Å². The lowest BCUT2D eigenvalue weighted by molar-refractivity contribution is -0.134. The standard InChI is InChI=1S/C20H33N5O/c1-16-22-9-13-24(16)10-2-17-3-11-25(12-4-17)19(26)18-14-20(15-23-18)5-7-21-8-6-20/h9,13,17-18,21,23H,2-8,10-12,14-15H2,1H3. The third-order valence-electron chi connectivity index (χ3n) is 6.95. The van der Waals surface area contributed by atoms with Crippen molar-refractivity contribution < 1.29 is 4.79 Å². The Balaban J connectivity index is 1.23. The highest BCUT2D eigenvalue weighted by atomic mass is 16.2. The fourth-order valence-corrected chi connectivity index (χ4v) is 5.05. The maximum Gasteiger partial charge on any atom is 0.239 e. The molecule has 6 nitrogen and oxygen atoms in total. The van der Waals surface area contributed by atoms with E-state index in [0.29, 0.717) is 11.3 Å². The molecule has 0 aromatic carbocycles. The summed E-state index contributed by atoms with van der Waals surface area (Å²) in [6.45, 7) is 8.19. The second kappa shape index (κ2) is 7.69. The zero-order valence-corrected chi connectivity index (χ0v) is 16.0. The van der Waals surface area contributed by atoms with E-state index in [2.05, 4.69) is 38.2 Å². The molecule has 1 aromatic heterocycles. The minimum absolute atomic E-state index is 0.0539. The summed E-state index contributed by atoms with van der Waals surface area (Å²) in [5, 5.41) is 6.99. The van der Waals surface area contributed by atoms with E-state index >= 15 is 0 Å². The Hall–Kier alpha value is -1.40. The highest BCUT2D eigenvalue weighted by Crippen LogP contribution is 2.38. The van der Waals surface area contributed by atoms with Crippen LogP contribution >= 0.6 is 0 Å². The number of likely N-dealkylation sites (tertiary alicyclic amines) is 1. The van der Waals surface area contributed by atoms with Crippen molar-refractivity contribution in [2.24, 2.45) is 11.3 Å². The van der Waals surface area contributed by atoms with Crippen molar-refractivity contribution in [3.8, 4) is 0 Å². The number of amides is 1. The molecule has 1 atom stereocenters. The topological polar surface area (TPSA) is 62.2 Å². The molecular formula is C20H33N5O. The monoisotopic (exact) mass is 359 g/mol. The fourth-order valence-electron chi connectivity index (χ4n) is 5.05. The van der Waals surface area contributed by atoms with Gasteiger partial charge in [-0.3, -0.25) is 4.79 Å². The highest BCUT2D eigenvalue weighted by Gasteiger charge is 2.43. The van der Waals surface area contributed by atoms with Gasteiger partial charge in [0.05, 0.1) is 6.04 Å². The number of piperidine rings is 2. The molecule has 26 heavy (non-hydrogen) atoms. The lowest BCUT2D eigenvalue weighted by Gasteiger charge is -2.35. The van der Waals surface area contributed by atoms with Gasteiger partial charge in [-0.15, -0.1) is 0 Å². The minimum Gasteiger partial charge on any atom is -0.341 e. The molecule has 3 aliphatic heterocycles. The Labute approximate surface area is 156 Å². The van der Waals surface area contributed by atoms with Gasteiger partial charge in [0, 0.05) is 38.6 Å². The molecular weight excluding hydrogens is 326 g/mol. The van der Waals surface area contributed by atoms with Gasteiger partial charge in [-0.25, -0.2) is 4.98 Å². The zero-order chi connectivity index (χ0) is 18.0. The number of hydrogen-bond acceptors (Lipinski definition) is 4. The van der Waals surface area contributed by atoms with Gasteiger partial charge < -0.3 is 20.1 Å². The fraction of sp³-hybridized carbons (Fsp3) is 0.800. The number of carbonyl (C=O) groups is 1. The van der Waals surface area contributed by atoms with Crippen molar-refractivity contribution in [1.29, 1.82) is 0 Å². The van der Waals surface area contributed by atoms with E-state index in [-0.39, 0.29) is 6.04 Å². The summed E-state index contributed by atoms with van der Waals surface area (Å²) in [5.74, 6) is 2.18. The Bertz CT molecular complexity index is 613. The Morgan fingerprint density at radius 1 is 1.31 bits per heavy atom. The van der Waals surface area contributed by atoms with Crippen LogP contribution in [0.2, 0.25) is 0 Å². The molecule has 1 spiro atoms. The minimum atomic E-state index is 0.0539. The van der Waals surface area contributed by atoms with Gasteiger partial charge in [0.2, 0.25) is 5.91 Å². The molecule has 1 amide bonds. The van der Waals surface area contributed by atoms with Crippen LogP contribution in [0.25, 0.3) is 0 Å². The van der Waals surface area contributed by atoms with Crippen LogP contribution in [0, 0.1) is 18.3 Å². The smallest absolute Gasteiger partial charge is 0.239 e. The van der Waals surface area contributed by atoms with Crippen LogP contribution in [0.5, 0.6) is 0 Å². The van der Waals surface area contributed by atoms with Gasteiger partial charge in [0.25, 0.3) is 0 Å². The van der Waals surface area contributed by atoms with Crippen molar-refractivity contribution in [3.63, 3.8) is 0 Å². The Morgan fingerprint density at radius 3 is 2.77 bits per heavy atom. The molecule has 3 aliphatic rings. The number of nitrogens with one attached hydrogen (secondary N) is 2. The van der Waals surface area contributed by atoms with Gasteiger partial charge in [0.15, 0.2) is 0 Å². The number of aromatic nitrogens is 2. The molecule has 0 saturated carbocycles. The molecule has 1 aromatic rings. The zero-order valence-electron chi connectivity index (χ0n) is 16.0. The van der Waals surface area contributed by atoms with Crippen LogP contribution in [-0.2, 0) is 11.3 Å². The molecule has 144 valence electrons. The van der Waals surface area contributed by atoms with Crippen LogP contribution in [0.1, 0.15) is 44.3 Å². The number of carbonyl (C=O) groups excluding carboxylic acids is 1. The summed E-state index contributed by atoms with van der Waals surface area (Å²) in [6, 6.07) is 0.0539. The van der Waals surface area contributed by atoms with E-state index in [1.54, 1.807) is 0 Å². The SMILES string of the molecule is Cc1nccn1CCC1CCN(C(=O)C2CC3(CCNCC3)CN2)CC1. The molecule has 2 N–H and O–H groups in total. The van der Waals surface area contributed by atoms with Crippen molar-refractivity contribution in [1.82, 2.24) is 25.1 Å². The quantitative estimate of drug-likeness (QED) is 0.856. The van der Waals surface area contributed by atoms with E-state index < -0.39 is 0 Å². The number of rotatable bonds is 4. The molecule has 0 radical (unpaired) electrons. The van der Waals surface area contributed by atoms with Crippen LogP contribution in [0.15, 0.2) is 12.4 Å². The summed E-state index contributed by atoms with van der Waals surface area (Å²) < 4.78 is 2.23. The molecule has 4 heterocycles. The van der Waals surface area contributed by atoms with E-state index in [4.69, 9.17) is 0 Å². The summed E-state index contributed by atoms with van der Waals surface area (Å²) in [4.78, 5) is 19.4. The molecule has 1 unspecified atom stereocenters. The van der Waals surface area contributed by atoms with Crippen LogP contribution in [-0.4, -0.2) is 59.1 Å². The van der Waals surface area contributed by atoms with Crippen LogP contribution < -0.4 is 10.6 Å². The maximum absolute atomic E-state index is 13.0. The van der Waals surface area contributed by atoms with Crippen molar-refractivity contribution in [2.75, 3.05) is 32.7 Å². The van der Waals surface area contributed by atoms with Crippen molar-refractivity contribution in [2.45, 2.75) is 58.0 Å². The first-order chi connectivity index (χ1) is 12.7. The summed E-state index contributed by atoms with van der Waals surface area (Å²) in [6.07, 6.45) is 10.9. The highest BCUT2D eigenvalue weighted by molar-refractivity contribution is 5.82. The average Bonchev–Trinajstić information content (AvgIpc) is 3.27. The number of aryl methyl sites for hydroxylation is 2. The molecule has 0 bridgehead atoms. The Morgan fingerprint density at radius 2 is 2.08 bits per heavy atom. The molecule has 3 saturated heterocycles. The van der Waals surface area contributed by atoms with E-state index in [9.17, 15) is 4.79 Å². The Kier molecular flexibility index (Phi) is 5.32. The van der Waals surface area contributed by atoms with Gasteiger partial charge in [-0.05, 0) is 69.9 Å². The normalized spacial score (nSPS) is 26.5. The van der Waals surface area contributed by atoms with Gasteiger partial charge in [-0.2, -0.15) is 0 Å². The molecule has 4 rings (SSSR count). The number of imidazole rings is 1. The third kappa shape index (κ3) is 3.81. The molecule has 0 aliphatic carbocycles. The van der Waals surface area contributed by atoms with Gasteiger partial charge in [-0.1, -0.05) is 0 Å². The van der Waals surface area contributed by atoms with Crippen molar-refractivity contribution in [3.05, 3.63) is 18.2 Å². The lowest BCUT2D eigenvalue weighted by atomic mass is 9.77. The summed E-state index contributed by atoms with van der Waals surface area (Å²) in [5.41, 5.74) is 0.368. The maximum atomic E-state index is 13.0. The summed E-state index contributed by atoms with van der Waals surface area (Å²) in [7, 11) is 0. The van der Waals surface area contributed by atoms with E-state index in [1.807, 2.05) is 6.20 Å². The number of hydrogen-bond donors (Lipinski definition) is 2. The summed E-state index contributed by atoms with van der Waals surface area (Å²) >= 11 is 0. The second-order valence-electron chi connectivity index (χ2n) is 8.61. The first-order valence-electron chi connectivity index (χ1n) is 10.4. The van der Waals surface area contributed by atoms with E-state index in [1.165, 1.54) is 19.3 Å². The van der Waals surface area contributed by atoms with Gasteiger partial charge >= 0.3 is 0 Å². The number of nitrogens with zero attached hydrogens (tertiary/aromatic N) is 3. The largest absolute Gasteiger partial charge is 0.341 e. The first-order valence-corrected chi connectivity index (χ1v) is 10.4. The molecule has 3 fully saturated rings. The first kappa shape index (κ1) is 18.0. The lowest BCUT2D eigenvalue weighted by Crippen LogP contribution is -2.47. The van der Waals surface area contributed by atoms with Crippen molar-refractivity contribution >= 4 is 5.91 Å². The second-order valence-corrected chi connectivity index (χ2v) is 8.61. The van der Waals surface area contributed by atoms with Gasteiger partial charge in [0.1, 0.15) is 5.82 Å². The van der Waals surface area contributed by atoms with Crippen LogP contribution in [0.3, 0.4) is 0 Å². The predicted octanol–water partition coefficient (Wildman–Crippen LogP) is 1.55. The average molecular weight is 360 g/mol. The van der Waals surface area contributed by atoms with E-state index in [0.717, 1.165) is 70.3 Å². The third-order valence-corrected chi connectivity index (χ3v) is 6.95.